The first-order valence-corrected chi connectivity index (χ1v) is 6.46. The third-order valence-corrected chi connectivity index (χ3v) is 3.06. The zero-order chi connectivity index (χ0) is 11.5. The second-order valence-corrected chi connectivity index (χ2v) is 4.71. The third kappa shape index (κ3) is 2.27. The minimum atomic E-state index is 0.538. The summed E-state index contributed by atoms with van der Waals surface area (Å²) < 4.78 is 1.76. The summed E-state index contributed by atoms with van der Waals surface area (Å²) in [5.41, 5.74) is 3.39. The summed E-state index contributed by atoms with van der Waals surface area (Å²) in [5.74, 6) is 0.538. The van der Waals surface area contributed by atoms with Gasteiger partial charge in [-0.2, -0.15) is 4.09 Å². The summed E-state index contributed by atoms with van der Waals surface area (Å²) in [4.78, 5) is 0. The fourth-order valence-electron chi connectivity index (χ4n) is 1.53. The van der Waals surface area contributed by atoms with Crippen molar-refractivity contribution >= 4 is 11.9 Å². The van der Waals surface area contributed by atoms with E-state index in [0.29, 0.717) is 5.92 Å². The van der Waals surface area contributed by atoms with Gasteiger partial charge in [0.25, 0.3) is 0 Å². The van der Waals surface area contributed by atoms with Crippen LogP contribution in [0.5, 0.6) is 0 Å². The van der Waals surface area contributed by atoms with Crippen LogP contribution in [0, 0.1) is 0 Å². The largest absolute Gasteiger partial charge is 0.193 e. The van der Waals surface area contributed by atoms with Crippen molar-refractivity contribution in [1.29, 1.82) is 0 Å². The molecule has 3 nitrogen and oxygen atoms in total. The Morgan fingerprint density at radius 3 is 2.75 bits per heavy atom. The van der Waals surface area contributed by atoms with Gasteiger partial charge in [0.1, 0.15) is 5.69 Å². The minimum Gasteiger partial charge on any atom is -0.193 e. The van der Waals surface area contributed by atoms with Gasteiger partial charge in [-0.3, -0.25) is 0 Å². The molecule has 1 aromatic heterocycles. The highest BCUT2D eigenvalue weighted by Crippen LogP contribution is 2.22. The first-order chi connectivity index (χ1) is 7.70. The molecule has 1 aromatic carbocycles. The molecule has 0 saturated carbocycles. The molecule has 0 amide bonds. The van der Waals surface area contributed by atoms with Crippen molar-refractivity contribution in [3.05, 3.63) is 36.0 Å². The average Bonchev–Trinajstić information content (AvgIpc) is 2.77. The van der Waals surface area contributed by atoms with Gasteiger partial charge in [0, 0.05) is 11.8 Å². The van der Waals surface area contributed by atoms with Gasteiger partial charge in [-0.25, -0.2) is 0 Å². The molecule has 0 aliphatic carbocycles. The lowest BCUT2D eigenvalue weighted by Crippen LogP contribution is -1.87. The molecule has 16 heavy (non-hydrogen) atoms. The molecule has 2 aromatic rings. The number of hydrogen-bond acceptors (Lipinski definition) is 3. The van der Waals surface area contributed by atoms with Crippen LogP contribution in [-0.4, -0.2) is 20.7 Å². The molecule has 0 bridgehead atoms. The molecule has 84 valence electrons. The van der Waals surface area contributed by atoms with E-state index in [4.69, 9.17) is 0 Å². The lowest BCUT2D eigenvalue weighted by molar-refractivity contribution is 0.866. The van der Waals surface area contributed by atoms with Crippen LogP contribution in [0.2, 0.25) is 0 Å². The van der Waals surface area contributed by atoms with Crippen LogP contribution >= 0.6 is 11.9 Å². The van der Waals surface area contributed by atoms with E-state index in [2.05, 4.69) is 48.4 Å². The number of nitrogens with zero attached hydrogens (tertiary/aromatic N) is 3. The highest BCUT2D eigenvalue weighted by Gasteiger charge is 2.05. The summed E-state index contributed by atoms with van der Waals surface area (Å²) in [6.07, 6.45) is 3.92. The van der Waals surface area contributed by atoms with Crippen molar-refractivity contribution in [1.82, 2.24) is 14.4 Å². The van der Waals surface area contributed by atoms with Gasteiger partial charge in [0.2, 0.25) is 0 Å². The Hall–Kier alpha value is -1.29. The summed E-state index contributed by atoms with van der Waals surface area (Å²) in [6.45, 7) is 4.38. The molecule has 0 atom stereocenters. The maximum absolute atomic E-state index is 4.15. The van der Waals surface area contributed by atoms with E-state index in [9.17, 15) is 0 Å². The highest BCUT2D eigenvalue weighted by atomic mass is 32.2. The van der Waals surface area contributed by atoms with Crippen molar-refractivity contribution in [2.75, 3.05) is 6.26 Å². The Morgan fingerprint density at radius 1 is 1.31 bits per heavy atom. The number of benzene rings is 1. The van der Waals surface area contributed by atoms with E-state index in [0.717, 1.165) is 11.3 Å². The molecule has 0 aliphatic rings. The summed E-state index contributed by atoms with van der Waals surface area (Å²) >= 11 is 1.54. The Bertz CT molecular complexity index is 477. The number of rotatable bonds is 3. The van der Waals surface area contributed by atoms with Crippen molar-refractivity contribution < 1.29 is 0 Å². The lowest BCUT2D eigenvalue weighted by Gasteiger charge is -2.05. The SMILES string of the molecule is CSn1cc(-c2cccc(C(C)C)c2)nn1. The fourth-order valence-corrected chi connectivity index (χ4v) is 1.84. The summed E-state index contributed by atoms with van der Waals surface area (Å²) in [5, 5.41) is 8.17. The Morgan fingerprint density at radius 2 is 2.12 bits per heavy atom. The van der Waals surface area contributed by atoms with E-state index in [1.54, 1.807) is 4.09 Å². The first kappa shape index (κ1) is 11.2. The van der Waals surface area contributed by atoms with Crippen molar-refractivity contribution in [2.45, 2.75) is 19.8 Å². The monoisotopic (exact) mass is 233 g/mol. The molecule has 2 rings (SSSR count). The zero-order valence-corrected chi connectivity index (χ0v) is 10.5. The average molecular weight is 233 g/mol. The van der Waals surface area contributed by atoms with E-state index in [1.165, 1.54) is 17.5 Å². The molecule has 0 N–H and O–H groups in total. The predicted octanol–water partition coefficient (Wildman–Crippen LogP) is 3.19. The van der Waals surface area contributed by atoms with E-state index in [-0.39, 0.29) is 0 Å². The van der Waals surface area contributed by atoms with Gasteiger partial charge >= 0.3 is 0 Å². The molecule has 0 unspecified atom stereocenters. The maximum atomic E-state index is 4.15. The third-order valence-electron chi connectivity index (χ3n) is 2.51. The van der Waals surface area contributed by atoms with Crippen molar-refractivity contribution in [2.24, 2.45) is 0 Å². The number of hydrogen-bond donors (Lipinski definition) is 0. The molecule has 0 saturated heterocycles. The smallest absolute Gasteiger partial charge is 0.114 e. The molecule has 0 spiro atoms. The molecule has 0 fully saturated rings. The van der Waals surface area contributed by atoms with Crippen LogP contribution in [0.25, 0.3) is 11.3 Å². The fraction of sp³-hybridized carbons (Fsp3) is 0.333. The van der Waals surface area contributed by atoms with Crippen LogP contribution in [-0.2, 0) is 0 Å². The van der Waals surface area contributed by atoms with Crippen LogP contribution in [0.1, 0.15) is 25.3 Å². The molecule has 0 radical (unpaired) electrons. The van der Waals surface area contributed by atoms with E-state index >= 15 is 0 Å². The predicted molar refractivity (Wildman–Crippen MR) is 68.5 cm³/mol. The van der Waals surface area contributed by atoms with Gasteiger partial charge in [-0.1, -0.05) is 37.3 Å². The Labute approximate surface area is 100 Å². The molecular weight excluding hydrogens is 218 g/mol. The van der Waals surface area contributed by atoms with Crippen LogP contribution in [0.15, 0.2) is 30.5 Å². The molecule has 0 aliphatic heterocycles. The van der Waals surface area contributed by atoms with Crippen LogP contribution < -0.4 is 0 Å². The van der Waals surface area contributed by atoms with Crippen LogP contribution in [0.4, 0.5) is 0 Å². The van der Waals surface area contributed by atoms with E-state index in [1.807, 2.05) is 12.5 Å². The lowest BCUT2D eigenvalue weighted by atomic mass is 10.00. The molecule has 1 heterocycles. The maximum Gasteiger partial charge on any atom is 0.114 e. The summed E-state index contributed by atoms with van der Waals surface area (Å²) in [6, 6.07) is 8.47. The molecule has 4 heteroatoms. The molecular formula is C12H15N3S. The van der Waals surface area contributed by atoms with Gasteiger partial charge in [0.15, 0.2) is 0 Å². The van der Waals surface area contributed by atoms with Gasteiger partial charge in [-0.15, -0.1) is 5.10 Å². The van der Waals surface area contributed by atoms with Crippen molar-refractivity contribution in [3.63, 3.8) is 0 Å². The van der Waals surface area contributed by atoms with Gasteiger partial charge in [-0.05, 0) is 29.5 Å². The second kappa shape index (κ2) is 4.70. The topological polar surface area (TPSA) is 30.7 Å². The van der Waals surface area contributed by atoms with Crippen molar-refractivity contribution in [3.8, 4) is 11.3 Å². The highest BCUT2D eigenvalue weighted by molar-refractivity contribution is 7.97. The van der Waals surface area contributed by atoms with Gasteiger partial charge < -0.3 is 0 Å². The summed E-state index contributed by atoms with van der Waals surface area (Å²) in [7, 11) is 0. The van der Waals surface area contributed by atoms with Crippen LogP contribution in [0.3, 0.4) is 0 Å². The quantitative estimate of drug-likeness (QED) is 0.815. The first-order valence-electron chi connectivity index (χ1n) is 5.28. The number of aromatic nitrogens is 3. The van der Waals surface area contributed by atoms with E-state index < -0.39 is 0 Å². The zero-order valence-electron chi connectivity index (χ0n) is 9.71. The Kier molecular flexibility index (Phi) is 3.29. The Balaban J connectivity index is 2.36. The van der Waals surface area contributed by atoms with Gasteiger partial charge in [0.05, 0.1) is 6.20 Å². The minimum absolute atomic E-state index is 0.538. The normalized spacial score (nSPS) is 11.0. The second-order valence-electron chi connectivity index (χ2n) is 3.97. The standard InChI is InChI=1S/C12H15N3S/c1-9(2)10-5-4-6-11(7-10)12-8-15(16-3)14-13-12/h4-9H,1-3H3.